The molecule has 0 unspecified atom stereocenters. The molecule has 1 aromatic rings. The second-order valence-electron chi connectivity index (χ2n) is 5.09. The number of carbonyl (C=O) groups is 1. The van der Waals surface area contributed by atoms with E-state index in [0.29, 0.717) is 18.8 Å². The summed E-state index contributed by atoms with van der Waals surface area (Å²) in [5.74, 6) is -1.07. The van der Waals surface area contributed by atoms with E-state index in [1.807, 2.05) is 0 Å². The van der Waals surface area contributed by atoms with Gasteiger partial charge in [-0.2, -0.15) is 13.2 Å². The number of amides is 1. The Morgan fingerprint density at radius 3 is 2.72 bits per heavy atom. The van der Waals surface area contributed by atoms with E-state index < -0.39 is 28.5 Å². The molecule has 0 radical (unpaired) electrons. The van der Waals surface area contributed by atoms with Crippen molar-refractivity contribution in [1.82, 2.24) is 10.3 Å². The lowest BCUT2D eigenvalue weighted by Gasteiger charge is -2.23. The van der Waals surface area contributed by atoms with E-state index >= 15 is 0 Å². The van der Waals surface area contributed by atoms with Crippen molar-refractivity contribution in [1.29, 1.82) is 5.41 Å². The highest BCUT2D eigenvalue weighted by Crippen LogP contribution is 2.24. The van der Waals surface area contributed by atoms with E-state index in [1.54, 1.807) is 6.07 Å². The van der Waals surface area contributed by atoms with Crippen LogP contribution in [0.1, 0.15) is 11.8 Å². The van der Waals surface area contributed by atoms with Crippen molar-refractivity contribution in [2.24, 2.45) is 5.73 Å². The quantitative estimate of drug-likeness (QED) is 0.471. The highest BCUT2D eigenvalue weighted by atomic mass is 35.5. The maximum atomic E-state index is 12.4. The van der Waals surface area contributed by atoms with Crippen LogP contribution in [0.5, 0.6) is 0 Å². The Hall–Kier alpha value is -2.17. The van der Waals surface area contributed by atoms with E-state index in [0.717, 1.165) is 6.54 Å². The molecule has 0 aliphatic carbocycles. The van der Waals surface area contributed by atoms with E-state index in [2.05, 4.69) is 15.6 Å². The zero-order valence-corrected chi connectivity index (χ0v) is 13.5. The molecule has 25 heavy (non-hydrogen) atoms. The van der Waals surface area contributed by atoms with Crippen molar-refractivity contribution in [3.05, 3.63) is 34.8 Å². The van der Waals surface area contributed by atoms with E-state index in [1.165, 1.54) is 12.3 Å². The molecule has 1 fully saturated rings. The minimum Gasteiger partial charge on any atom is -0.393 e. The third-order valence-corrected chi connectivity index (χ3v) is 3.68. The van der Waals surface area contributed by atoms with Gasteiger partial charge in [0.1, 0.15) is 11.8 Å². The van der Waals surface area contributed by atoms with Gasteiger partial charge >= 0.3 is 6.18 Å². The summed E-state index contributed by atoms with van der Waals surface area (Å²) in [6.07, 6.45) is -3.90. The maximum Gasteiger partial charge on any atom is 0.434 e. The Balaban J connectivity index is 2.06. The van der Waals surface area contributed by atoms with Gasteiger partial charge in [-0.3, -0.25) is 15.2 Å². The molecule has 11 heteroatoms. The molecule has 0 saturated carbocycles. The third-order valence-electron chi connectivity index (χ3n) is 3.29. The molecule has 136 valence electrons. The Bertz CT molecular complexity index is 685. The molecular formula is C14H15ClF3N5O2. The van der Waals surface area contributed by atoms with E-state index in [-0.39, 0.29) is 11.8 Å². The first-order valence-corrected chi connectivity index (χ1v) is 7.49. The number of rotatable bonds is 4. The van der Waals surface area contributed by atoms with Gasteiger partial charge in [0.25, 0.3) is 5.91 Å². The minimum atomic E-state index is -5.00. The number of pyridine rings is 1. The summed E-state index contributed by atoms with van der Waals surface area (Å²) >= 11 is 5.36. The van der Waals surface area contributed by atoms with Gasteiger partial charge < -0.3 is 21.1 Å². The van der Waals surface area contributed by atoms with Crippen molar-refractivity contribution in [3.8, 4) is 0 Å². The van der Waals surface area contributed by atoms with Crippen molar-refractivity contribution < 1.29 is 22.7 Å². The molecular weight excluding hydrogens is 363 g/mol. The zero-order chi connectivity index (χ0) is 18.6. The van der Waals surface area contributed by atoms with Crippen LogP contribution in [0.4, 0.5) is 18.9 Å². The van der Waals surface area contributed by atoms with E-state index in [9.17, 15) is 18.0 Å². The molecule has 0 aromatic carbocycles. The van der Waals surface area contributed by atoms with Crippen molar-refractivity contribution in [2.45, 2.75) is 12.3 Å². The second-order valence-corrected chi connectivity index (χ2v) is 5.47. The fraction of sp³-hybridized carbons (Fsp3) is 0.357. The lowest BCUT2D eigenvalue weighted by atomic mass is 10.2. The molecule has 0 spiro atoms. The Morgan fingerprint density at radius 1 is 1.48 bits per heavy atom. The van der Waals surface area contributed by atoms with Gasteiger partial charge in [0.2, 0.25) is 0 Å². The summed E-state index contributed by atoms with van der Waals surface area (Å²) in [6, 6.07) is 3.13. The molecule has 1 aliphatic heterocycles. The van der Waals surface area contributed by atoms with Crippen LogP contribution in [0, 0.1) is 5.41 Å². The van der Waals surface area contributed by atoms with Crippen molar-refractivity contribution in [3.63, 3.8) is 0 Å². The minimum absolute atomic E-state index is 0.212. The summed E-state index contributed by atoms with van der Waals surface area (Å²) < 4.78 is 42.8. The number of nitrogens with zero attached hydrogens (tertiary/aromatic N) is 1. The molecule has 2 heterocycles. The van der Waals surface area contributed by atoms with Gasteiger partial charge in [0.05, 0.1) is 29.2 Å². The molecule has 7 nitrogen and oxygen atoms in total. The van der Waals surface area contributed by atoms with Crippen LogP contribution in [-0.4, -0.2) is 42.5 Å². The molecule has 5 N–H and O–H groups in total. The van der Waals surface area contributed by atoms with Gasteiger partial charge in [0.15, 0.2) is 5.71 Å². The molecule has 1 aromatic heterocycles. The van der Waals surface area contributed by atoms with Crippen molar-refractivity contribution >= 4 is 28.9 Å². The average molecular weight is 378 g/mol. The Labute approximate surface area is 145 Å². The molecule has 2 rings (SSSR count). The first kappa shape index (κ1) is 19.2. The maximum absolute atomic E-state index is 12.4. The fourth-order valence-corrected chi connectivity index (χ4v) is 2.18. The van der Waals surface area contributed by atoms with Crippen LogP contribution in [0.15, 0.2) is 29.1 Å². The number of nitrogens with one attached hydrogen (secondary N) is 3. The highest BCUT2D eigenvalue weighted by molar-refractivity contribution is 6.46. The number of halogens is 4. The Morgan fingerprint density at radius 2 is 2.20 bits per heavy atom. The molecule has 1 amide bonds. The largest absolute Gasteiger partial charge is 0.434 e. The number of carbonyl (C=O) groups excluding carboxylic acids is 1. The topological polar surface area (TPSA) is 113 Å². The number of alkyl halides is 3. The molecule has 1 atom stereocenters. The standard InChI is InChI=1S/C14H15ClF3N5O2/c15-10(12(20)14(16,17)18)11(19)13(24)23-7-1-2-8(22-5-7)9-6-21-3-4-25-9/h1-2,5,9,20-21H,3-4,6,19H2,(H,23,24)/b11-10+,20-12?/t9-/m1/s1. The SMILES string of the molecule is N=C(/C(Cl)=C(\N)C(=O)Nc1ccc([C@H]2CNCCO2)nc1)C(F)(F)F. The predicted molar refractivity (Wildman–Crippen MR) is 85.3 cm³/mol. The van der Waals surface area contributed by atoms with Crippen LogP contribution in [-0.2, 0) is 9.53 Å². The second kappa shape index (κ2) is 7.81. The number of allylic oxidation sites excluding steroid dienone is 1. The number of aromatic nitrogens is 1. The first-order valence-electron chi connectivity index (χ1n) is 7.11. The average Bonchev–Trinajstić information content (AvgIpc) is 2.60. The molecule has 1 saturated heterocycles. The van der Waals surface area contributed by atoms with Gasteiger partial charge in [-0.05, 0) is 12.1 Å². The first-order chi connectivity index (χ1) is 11.7. The van der Waals surface area contributed by atoms with Crippen LogP contribution >= 0.6 is 11.6 Å². The number of hydrogen-bond acceptors (Lipinski definition) is 6. The summed E-state index contributed by atoms with van der Waals surface area (Å²) in [5.41, 5.74) is 3.35. The number of anilines is 1. The predicted octanol–water partition coefficient (Wildman–Crippen LogP) is 1.67. The third kappa shape index (κ3) is 4.91. The summed E-state index contributed by atoms with van der Waals surface area (Å²) in [4.78, 5) is 16.0. The smallest absolute Gasteiger partial charge is 0.393 e. The molecule has 1 aliphatic rings. The fourth-order valence-electron chi connectivity index (χ4n) is 1.98. The molecule has 0 bridgehead atoms. The van der Waals surface area contributed by atoms with Crippen LogP contribution in [0.2, 0.25) is 0 Å². The normalized spacial score (nSPS) is 19.1. The number of ether oxygens (including phenoxy) is 1. The van der Waals surface area contributed by atoms with Crippen molar-refractivity contribution in [2.75, 3.05) is 25.0 Å². The monoisotopic (exact) mass is 377 g/mol. The number of morpholine rings is 1. The zero-order valence-electron chi connectivity index (χ0n) is 12.8. The van der Waals surface area contributed by atoms with Gasteiger partial charge in [0, 0.05) is 13.1 Å². The lowest BCUT2D eigenvalue weighted by Crippen LogP contribution is -2.33. The number of hydrogen-bond donors (Lipinski definition) is 4. The van der Waals surface area contributed by atoms with Gasteiger partial charge in [-0.15, -0.1) is 0 Å². The van der Waals surface area contributed by atoms with Crippen LogP contribution in [0.25, 0.3) is 0 Å². The lowest BCUT2D eigenvalue weighted by molar-refractivity contribution is -0.112. The van der Waals surface area contributed by atoms with Crippen LogP contribution < -0.4 is 16.4 Å². The van der Waals surface area contributed by atoms with Gasteiger partial charge in [-0.1, -0.05) is 11.6 Å². The Kier molecular flexibility index (Phi) is 5.98. The van der Waals surface area contributed by atoms with Gasteiger partial charge in [-0.25, -0.2) is 0 Å². The summed E-state index contributed by atoms with van der Waals surface area (Å²) in [5, 5.41) is 11.1. The number of nitrogens with two attached hydrogens (primary N) is 1. The van der Waals surface area contributed by atoms with E-state index in [4.69, 9.17) is 27.5 Å². The summed E-state index contributed by atoms with van der Waals surface area (Å²) in [6.45, 7) is 1.91. The van der Waals surface area contributed by atoms with Crippen LogP contribution in [0.3, 0.4) is 0 Å². The highest BCUT2D eigenvalue weighted by Gasteiger charge is 2.38. The summed E-state index contributed by atoms with van der Waals surface area (Å²) in [7, 11) is 0.